The van der Waals surface area contributed by atoms with Crippen LogP contribution in [0.3, 0.4) is 0 Å². The number of nitrogens with one attached hydrogen (secondary N) is 2. The maximum absolute atomic E-state index is 14.7. The fourth-order valence-electron chi connectivity index (χ4n) is 6.65. The number of nitrogen functional groups attached to an aromatic ring is 1. The maximum Gasteiger partial charge on any atom is 0.459 e. The number of carbonyl (C=O) groups excluding carboxylic acids is 1. The fourth-order valence-corrected chi connectivity index (χ4v) is 8.17. The average molecular weight is 719 g/mol. The lowest BCUT2D eigenvalue weighted by Gasteiger charge is -2.30. The number of hydrogen-bond acceptors (Lipinski definition) is 12. The van der Waals surface area contributed by atoms with Crippen LogP contribution in [0.5, 0.6) is 5.75 Å². The molecular formula is C35H39N6O9P. The van der Waals surface area contributed by atoms with Gasteiger partial charge in [0.25, 0.3) is 5.56 Å². The molecule has 0 amide bonds. The van der Waals surface area contributed by atoms with E-state index in [1.807, 2.05) is 60.7 Å². The molecule has 16 heteroatoms. The van der Waals surface area contributed by atoms with Gasteiger partial charge in [-0.25, -0.2) is 9.55 Å². The zero-order valence-corrected chi connectivity index (χ0v) is 29.5. The Balaban J connectivity index is 1.17. The lowest BCUT2D eigenvalue weighted by molar-refractivity contribution is -0.216. The summed E-state index contributed by atoms with van der Waals surface area (Å²) in [5, 5.41) is 4.32. The van der Waals surface area contributed by atoms with E-state index in [4.69, 9.17) is 33.7 Å². The summed E-state index contributed by atoms with van der Waals surface area (Å²) < 4.78 is 53.5. The molecule has 15 nitrogen and oxygen atoms in total. The number of anilines is 1. The van der Waals surface area contributed by atoms with Gasteiger partial charge in [0.15, 0.2) is 23.2 Å². The van der Waals surface area contributed by atoms with E-state index in [1.165, 1.54) is 13.3 Å². The summed E-state index contributed by atoms with van der Waals surface area (Å²) in [6.07, 6.45) is -1.71. The van der Waals surface area contributed by atoms with Crippen LogP contribution in [0.25, 0.3) is 21.9 Å². The first-order chi connectivity index (χ1) is 24.3. The van der Waals surface area contributed by atoms with Gasteiger partial charge in [-0.1, -0.05) is 66.7 Å². The highest BCUT2D eigenvalue weighted by Gasteiger charge is 2.64. The molecule has 4 heterocycles. The Morgan fingerprint density at radius 1 is 1.08 bits per heavy atom. The minimum atomic E-state index is -4.37. The van der Waals surface area contributed by atoms with Crippen LogP contribution >= 0.6 is 7.75 Å². The molecule has 0 bridgehead atoms. The normalized spacial score (nSPS) is 24.9. The molecule has 2 aliphatic heterocycles. The van der Waals surface area contributed by atoms with Crippen LogP contribution in [0, 0.1) is 0 Å². The highest BCUT2D eigenvalue weighted by molar-refractivity contribution is 7.52. The number of esters is 1. The number of aromatic nitrogens is 4. The van der Waals surface area contributed by atoms with Crippen LogP contribution < -0.4 is 20.9 Å². The first kappa shape index (κ1) is 34.8. The number of nitrogens with zero attached hydrogens (tertiary/aromatic N) is 3. The van der Waals surface area contributed by atoms with E-state index in [1.54, 1.807) is 44.4 Å². The van der Waals surface area contributed by atoms with Crippen LogP contribution in [0.4, 0.5) is 5.95 Å². The number of imidazole rings is 1. The van der Waals surface area contributed by atoms with Crippen LogP contribution in [-0.2, 0) is 32.8 Å². The highest BCUT2D eigenvalue weighted by Crippen LogP contribution is 2.53. The first-order valence-electron chi connectivity index (χ1n) is 16.5. The van der Waals surface area contributed by atoms with Crippen LogP contribution in [0.1, 0.15) is 52.5 Å². The van der Waals surface area contributed by atoms with Crippen molar-refractivity contribution in [2.75, 3.05) is 12.3 Å². The predicted octanol–water partition coefficient (Wildman–Crippen LogP) is 5.15. The van der Waals surface area contributed by atoms with Gasteiger partial charge in [0, 0.05) is 5.39 Å². The lowest BCUT2D eigenvalue weighted by Crippen LogP contribution is -2.42. The van der Waals surface area contributed by atoms with E-state index in [-0.39, 0.29) is 29.5 Å². The topological polar surface area (TPSA) is 191 Å². The van der Waals surface area contributed by atoms with Gasteiger partial charge in [-0.15, -0.1) is 0 Å². The second-order valence-electron chi connectivity index (χ2n) is 13.2. The summed E-state index contributed by atoms with van der Waals surface area (Å²) in [6.45, 7) is 8.27. The number of fused-ring (bicyclic) bond motifs is 3. The van der Waals surface area contributed by atoms with E-state index >= 15 is 0 Å². The standard InChI is InChI=1S/C35H39N6O9P/c1-20(31(43)46-21(2)22-12-7-6-8-13-22)40-51(44,49-25-17-11-15-23-14-9-10-16-24(23)25)45-18-26-28-35(5,50-34(3,4)48-28)32(47-26)41-19-37-27-29(41)38-33(36)39-30(27)42/h6-17,19-21,26,28,32H,18H2,1-5H3,(H,40,44)(H3,36,38,39,42)/t20-,21?,26+,28+,32+,35+,51?/m0/s1. The predicted molar refractivity (Wildman–Crippen MR) is 187 cm³/mol. The molecule has 2 saturated heterocycles. The van der Waals surface area contributed by atoms with Gasteiger partial charge in [0.1, 0.15) is 35.7 Å². The molecule has 2 aliphatic rings. The van der Waals surface area contributed by atoms with Crippen molar-refractivity contribution in [1.29, 1.82) is 0 Å². The SMILES string of the molecule is CC(OC(=O)[C@H](C)NP(=O)(OC[C@H]1O[C@@H](n2cnc3c(=O)[nH]c(N)nc32)[C@]2(C)OC(C)(C)O[C@H]12)Oc1cccc2ccccc12)c1ccccc1. The van der Waals surface area contributed by atoms with Gasteiger partial charge in [-0.05, 0) is 51.6 Å². The first-order valence-corrected chi connectivity index (χ1v) is 18.0. The summed E-state index contributed by atoms with van der Waals surface area (Å²) in [4.78, 5) is 36.8. The van der Waals surface area contributed by atoms with Gasteiger partial charge in [0.2, 0.25) is 5.95 Å². The molecule has 7 atom stereocenters. The van der Waals surface area contributed by atoms with Gasteiger partial charge in [-0.3, -0.25) is 23.7 Å². The van der Waals surface area contributed by atoms with Crippen molar-refractivity contribution in [3.63, 3.8) is 0 Å². The van der Waals surface area contributed by atoms with Crippen LogP contribution in [-0.4, -0.2) is 61.7 Å². The van der Waals surface area contributed by atoms with Crippen molar-refractivity contribution in [2.45, 2.75) is 76.6 Å². The molecular weight excluding hydrogens is 679 g/mol. The Bertz CT molecular complexity index is 2190. The van der Waals surface area contributed by atoms with Crippen molar-refractivity contribution in [3.8, 4) is 5.75 Å². The Labute approximate surface area is 292 Å². The van der Waals surface area contributed by atoms with E-state index in [9.17, 15) is 14.2 Å². The minimum absolute atomic E-state index is 0.0606. The second kappa shape index (κ2) is 13.2. The molecule has 2 unspecified atom stereocenters. The van der Waals surface area contributed by atoms with Gasteiger partial charge in [-0.2, -0.15) is 10.1 Å². The molecule has 0 aliphatic carbocycles. The van der Waals surface area contributed by atoms with Crippen molar-refractivity contribution in [1.82, 2.24) is 24.6 Å². The molecule has 3 aromatic carbocycles. The number of rotatable bonds is 11. The van der Waals surface area contributed by atoms with E-state index in [0.717, 1.165) is 10.9 Å². The van der Waals surface area contributed by atoms with E-state index < -0.39 is 61.2 Å². The van der Waals surface area contributed by atoms with Crippen LogP contribution in [0.15, 0.2) is 83.9 Å². The Morgan fingerprint density at radius 3 is 2.59 bits per heavy atom. The molecule has 0 radical (unpaired) electrons. The third-order valence-electron chi connectivity index (χ3n) is 8.92. The number of aromatic amines is 1. The monoisotopic (exact) mass is 718 g/mol. The number of benzene rings is 3. The highest BCUT2D eigenvalue weighted by atomic mass is 31.2. The largest absolute Gasteiger partial charge is 0.459 e. The Kier molecular flexibility index (Phi) is 8.98. The lowest BCUT2D eigenvalue weighted by atomic mass is 9.96. The van der Waals surface area contributed by atoms with Crippen molar-refractivity contribution in [2.24, 2.45) is 0 Å². The minimum Gasteiger partial charge on any atom is -0.457 e. The zero-order valence-electron chi connectivity index (χ0n) is 28.6. The van der Waals surface area contributed by atoms with Crippen molar-refractivity contribution >= 4 is 41.6 Å². The van der Waals surface area contributed by atoms with E-state index in [0.29, 0.717) is 5.39 Å². The van der Waals surface area contributed by atoms with E-state index in [2.05, 4.69) is 20.0 Å². The number of nitrogens with two attached hydrogens (primary N) is 1. The summed E-state index contributed by atoms with van der Waals surface area (Å²) in [5.41, 5.74) is 5.24. The molecule has 0 saturated carbocycles. The average Bonchev–Trinajstić information content (AvgIpc) is 3.70. The summed E-state index contributed by atoms with van der Waals surface area (Å²) in [6, 6.07) is 20.9. The van der Waals surface area contributed by atoms with Gasteiger partial charge < -0.3 is 29.2 Å². The number of carbonyl (C=O) groups is 1. The molecule has 51 heavy (non-hydrogen) atoms. The summed E-state index contributed by atoms with van der Waals surface area (Å²) >= 11 is 0. The third kappa shape index (κ3) is 6.76. The zero-order chi connectivity index (χ0) is 36.1. The van der Waals surface area contributed by atoms with Crippen LogP contribution in [0.2, 0.25) is 0 Å². The van der Waals surface area contributed by atoms with Gasteiger partial charge in [0.05, 0.1) is 12.9 Å². The molecule has 2 fully saturated rings. The molecule has 7 rings (SSSR count). The maximum atomic E-state index is 14.7. The Hall–Kier alpha value is -4.63. The van der Waals surface area contributed by atoms with Gasteiger partial charge >= 0.3 is 13.7 Å². The van der Waals surface area contributed by atoms with Crippen molar-refractivity contribution < 1.29 is 37.4 Å². The molecule has 4 N–H and O–H groups in total. The Morgan fingerprint density at radius 2 is 1.80 bits per heavy atom. The molecule has 268 valence electrons. The number of hydrogen-bond donors (Lipinski definition) is 3. The third-order valence-corrected chi connectivity index (χ3v) is 10.6. The van der Waals surface area contributed by atoms with Crippen molar-refractivity contribution in [3.05, 3.63) is 95.0 Å². The molecule has 0 spiro atoms. The number of H-pyrrole nitrogens is 1. The summed E-state index contributed by atoms with van der Waals surface area (Å²) in [5.74, 6) is -1.53. The number of ether oxygens (including phenoxy) is 4. The molecule has 2 aromatic heterocycles. The fraction of sp³-hybridized carbons (Fsp3) is 0.371. The second-order valence-corrected chi connectivity index (χ2v) is 14.9. The molecule has 5 aromatic rings. The smallest absolute Gasteiger partial charge is 0.457 e. The summed E-state index contributed by atoms with van der Waals surface area (Å²) in [7, 11) is -4.37. The quantitative estimate of drug-likeness (QED) is 0.120.